The van der Waals surface area contributed by atoms with Crippen molar-refractivity contribution in [2.75, 3.05) is 13.1 Å². The van der Waals surface area contributed by atoms with Crippen LogP contribution in [0.2, 0.25) is 0 Å². The third kappa shape index (κ3) is 5.69. The number of benzene rings is 2. The predicted molar refractivity (Wildman–Crippen MR) is 120 cm³/mol. The van der Waals surface area contributed by atoms with E-state index in [1.165, 1.54) is 16.4 Å². The molecule has 1 heterocycles. The summed E-state index contributed by atoms with van der Waals surface area (Å²) in [4.78, 5) is 12.8. The van der Waals surface area contributed by atoms with Crippen molar-refractivity contribution >= 4 is 31.9 Å². The van der Waals surface area contributed by atoms with Crippen LogP contribution in [0.4, 0.5) is 0 Å². The normalized spacial score (nSPS) is 21.2. The van der Waals surface area contributed by atoms with Crippen LogP contribution in [-0.4, -0.2) is 50.0 Å². The van der Waals surface area contributed by atoms with E-state index in [2.05, 4.69) is 21.2 Å². The maximum Gasteiger partial charge on any atom is 0.251 e. The lowest BCUT2D eigenvalue weighted by molar-refractivity contribution is -0.0440. The largest absolute Gasteiger partial charge is 0.373 e. The molecule has 1 amide bonds. The van der Waals surface area contributed by atoms with Crippen molar-refractivity contribution in [3.63, 3.8) is 0 Å². The van der Waals surface area contributed by atoms with E-state index in [0.29, 0.717) is 25.1 Å². The number of amides is 1. The first kappa shape index (κ1) is 22.9. The van der Waals surface area contributed by atoms with Crippen molar-refractivity contribution in [3.05, 3.63) is 64.1 Å². The van der Waals surface area contributed by atoms with E-state index in [1.54, 1.807) is 12.1 Å². The van der Waals surface area contributed by atoms with Gasteiger partial charge in [0.15, 0.2) is 0 Å². The number of nitrogens with one attached hydrogen (secondary N) is 1. The number of rotatable bonds is 6. The zero-order valence-electron chi connectivity index (χ0n) is 17.3. The van der Waals surface area contributed by atoms with Gasteiger partial charge in [-0.1, -0.05) is 34.1 Å². The van der Waals surface area contributed by atoms with Crippen molar-refractivity contribution in [1.29, 1.82) is 0 Å². The number of halogens is 1. The number of ether oxygens (including phenoxy) is 1. The third-order valence-electron chi connectivity index (χ3n) is 4.95. The molecule has 1 N–H and O–H groups in total. The molecule has 0 saturated carbocycles. The van der Waals surface area contributed by atoms with Crippen LogP contribution in [0.25, 0.3) is 0 Å². The summed E-state index contributed by atoms with van der Waals surface area (Å²) in [7, 11) is -3.70. The van der Waals surface area contributed by atoms with E-state index in [0.717, 1.165) is 10.0 Å². The lowest BCUT2D eigenvalue weighted by Crippen LogP contribution is -2.48. The van der Waals surface area contributed by atoms with E-state index < -0.39 is 10.0 Å². The Kier molecular flexibility index (Phi) is 7.34. The molecular weight excluding hydrogens is 468 g/mol. The maximum atomic E-state index is 13.1. The Morgan fingerprint density at radius 3 is 2.43 bits per heavy atom. The van der Waals surface area contributed by atoms with E-state index in [-0.39, 0.29) is 29.1 Å². The molecular formula is C22H27BrN2O4S. The van der Waals surface area contributed by atoms with Gasteiger partial charge >= 0.3 is 0 Å². The minimum atomic E-state index is -3.70. The summed E-state index contributed by atoms with van der Waals surface area (Å²) < 4.78 is 34.2. The lowest BCUT2D eigenvalue weighted by atomic mass is 10.1. The molecule has 1 saturated heterocycles. The number of hydrogen-bond acceptors (Lipinski definition) is 4. The van der Waals surface area contributed by atoms with Gasteiger partial charge in [0.25, 0.3) is 5.91 Å². The number of hydrogen-bond donors (Lipinski definition) is 1. The van der Waals surface area contributed by atoms with Crippen LogP contribution in [0.15, 0.2) is 57.9 Å². The van der Waals surface area contributed by atoms with Gasteiger partial charge in [-0.3, -0.25) is 4.79 Å². The Hall–Kier alpha value is -1.74. The van der Waals surface area contributed by atoms with Crippen LogP contribution >= 0.6 is 15.9 Å². The van der Waals surface area contributed by atoms with E-state index in [4.69, 9.17) is 4.74 Å². The van der Waals surface area contributed by atoms with Crippen molar-refractivity contribution in [2.45, 2.75) is 50.3 Å². The molecule has 8 heteroatoms. The summed E-state index contributed by atoms with van der Waals surface area (Å²) in [5.41, 5.74) is 1.44. The van der Waals surface area contributed by atoms with Gasteiger partial charge in [-0.2, -0.15) is 4.31 Å². The molecule has 2 aromatic carbocycles. The molecule has 0 radical (unpaired) electrons. The summed E-state index contributed by atoms with van der Waals surface area (Å²) in [5.74, 6) is -0.291. The highest BCUT2D eigenvalue weighted by Gasteiger charge is 2.32. The highest BCUT2D eigenvalue weighted by Crippen LogP contribution is 2.22. The van der Waals surface area contributed by atoms with Crippen molar-refractivity contribution in [1.82, 2.24) is 9.62 Å². The number of morpholine rings is 1. The molecule has 6 nitrogen and oxygen atoms in total. The van der Waals surface area contributed by atoms with Crippen LogP contribution in [-0.2, 0) is 21.2 Å². The second kappa shape index (κ2) is 9.60. The molecule has 3 rings (SSSR count). The third-order valence-corrected chi connectivity index (χ3v) is 7.31. The molecule has 0 bridgehead atoms. The minimum absolute atomic E-state index is 0.0973. The van der Waals surface area contributed by atoms with E-state index in [9.17, 15) is 13.2 Å². The molecule has 0 aromatic heterocycles. The summed E-state index contributed by atoms with van der Waals surface area (Å²) in [6, 6.07) is 14.1. The first-order valence-electron chi connectivity index (χ1n) is 9.96. The monoisotopic (exact) mass is 494 g/mol. The van der Waals surface area contributed by atoms with Crippen LogP contribution in [0, 0.1) is 0 Å². The van der Waals surface area contributed by atoms with Crippen LogP contribution in [0.1, 0.15) is 36.7 Å². The van der Waals surface area contributed by atoms with Gasteiger partial charge in [0.05, 0.1) is 17.1 Å². The zero-order valence-corrected chi connectivity index (χ0v) is 19.7. The minimum Gasteiger partial charge on any atom is -0.373 e. The standard InChI is InChI=1S/C22H27BrN2O4S/c1-15(11-18-7-9-20(23)10-8-18)24-22(26)19-5-4-6-21(12-19)30(27,28)25-13-16(2)29-17(3)14-25/h4-10,12,15-17H,11,13-14H2,1-3H3,(H,24,26). The first-order valence-corrected chi connectivity index (χ1v) is 12.2. The van der Waals surface area contributed by atoms with Gasteiger partial charge in [-0.15, -0.1) is 0 Å². The van der Waals surface area contributed by atoms with Gasteiger partial charge in [-0.05, 0) is 63.1 Å². The SMILES string of the molecule is CC(Cc1ccc(Br)cc1)NC(=O)c1cccc(S(=O)(=O)N2CC(C)OC(C)C2)c1. The van der Waals surface area contributed by atoms with Gasteiger partial charge in [0.2, 0.25) is 10.0 Å². The molecule has 3 unspecified atom stereocenters. The average molecular weight is 495 g/mol. The molecule has 0 spiro atoms. The highest BCUT2D eigenvalue weighted by molar-refractivity contribution is 9.10. The highest BCUT2D eigenvalue weighted by atomic mass is 79.9. The zero-order chi connectivity index (χ0) is 21.9. The van der Waals surface area contributed by atoms with Gasteiger partial charge in [0, 0.05) is 29.2 Å². The van der Waals surface area contributed by atoms with Gasteiger partial charge in [-0.25, -0.2) is 8.42 Å². The fraction of sp³-hybridized carbons (Fsp3) is 0.409. The Labute approximate surface area is 186 Å². The molecule has 3 atom stereocenters. The lowest BCUT2D eigenvalue weighted by Gasteiger charge is -2.34. The molecule has 1 aliphatic rings. The topological polar surface area (TPSA) is 75.7 Å². The Morgan fingerprint density at radius 1 is 1.17 bits per heavy atom. The summed E-state index contributed by atoms with van der Waals surface area (Å²) >= 11 is 3.41. The fourth-order valence-corrected chi connectivity index (χ4v) is 5.51. The maximum absolute atomic E-state index is 13.1. The average Bonchev–Trinajstić information content (AvgIpc) is 2.69. The predicted octanol–water partition coefficient (Wildman–Crippen LogP) is 3.61. The number of carbonyl (C=O) groups excluding carboxylic acids is 1. The van der Waals surface area contributed by atoms with Crippen LogP contribution in [0.5, 0.6) is 0 Å². The fourth-order valence-electron chi connectivity index (χ4n) is 3.61. The molecule has 30 heavy (non-hydrogen) atoms. The Balaban J connectivity index is 1.71. The summed E-state index contributed by atoms with van der Waals surface area (Å²) in [5, 5.41) is 2.95. The second-order valence-electron chi connectivity index (χ2n) is 7.81. The smallest absolute Gasteiger partial charge is 0.251 e. The number of nitrogens with zero attached hydrogens (tertiary/aromatic N) is 1. The van der Waals surface area contributed by atoms with Crippen molar-refractivity contribution < 1.29 is 17.9 Å². The van der Waals surface area contributed by atoms with Gasteiger partial charge in [0.1, 0.15) is 0 Å². The van der Waals surface area contributed by atoms with E-state index in [1.807, 2.05) is 45.0 Å². The number of sulfonamides is 1. The molecule has 1 aliphatic heterocycles. The van der Waals surface area contributed by atoms with Crippen molar-refractivity contribution in [3.8, 4) is 0 Å². The van der Waals surface area contributed by atoms with Crippen LogP contribution < -0.4 is 5.32 Å². The molecule has 1 fully saturated rings. The van der Waals surface area contributed by atoms with Gasteiger partial charge < -0.3 is 10.1 Å². The number of carbonyl (C=O) groups is 1. The molecule has 2 aromatic rings. The summed E-state index contributed by atoms with van der Waals surface area (Å²) in [6.45, 7) is 6.24. The summed E-state index contributed by atoms with van der Waals surface area (Å²) in [6.07, 6.45) is 0.338. The van der Waals surface area contributed by atoms with Crippen LogP contribution in [0.3, 0.4) is 0 Å². The van der Waals surface area contributed by atoms with E-state index >= 15 is 0 Å². The quantitative estimate of drug-likeness (QED) is 0.665. The molecule has 0 aliphatic carbocycles. The Bertz CT molecular complexity index is 984. The Morgan fingerprint density at radius 2 is 1.80 bits per heavy atom. The molecule has 162 valence electrons. The second-order valence-corrected chi connectivity index (χ2v) is 10.7. The first-order chi connectivity index (χ1) is 14.1. The van der Waals surface area contributed by atoms with Crippen molar-refractivity contribution in [2.24, 2.45) is 0 Å².